The number of fused-ring (bicyclic) bond motifs is 1. The summed E-state index contributed by atoms with van der Waals surface area (Å²) in [6.45, 7) is 7.05. The number of likely N-dealkylation sites (N-methyl/N-ethyl adjacent to an activating group) is 1. The summed E-state index contributed by atoms with van der Waals surface area (Å²) in [7, 11) is 0. The molecule has 1 aromatic rings. The lowest BCUT2D eigenvalue weighted by molar-refractivity contribution is -0.132. The Hall–Kier alpha value is -1.71. The van der Waals surface area contributed by atoms with Crippen molar-refractivity contribution < 1.29 is 14.3 Å². The van der Waals surface area contributed by atoms with Gasteiger partial charge in [0.25, 0.3) is 0 Å². The molecule has 1 amide bonds. The molecule has 0 spiro atoms. The summed E-state index contributed by atoms with van der Waals surface area (Å²) >= 11 is 0. The molecular weight excluding hydrogens is 242 g/mol. The van der Waals surface area contributed by atoms with E-state index < -0.39 is 0 Å². The Morgan fingerprint density at radius 1 is 1.32 bits per heavy atom. The number of hydrogen-bond acceptors (Lipinski definition) is 3. The van der Waals surface area contributed by atoms with Crippen molar-refractivity contribution in [2.24, 2.45) is 0 Å². The van der Waals surface area contributed by atoms with Gasteiger partial charge in [0.2, 0.25) is 12.7 Å². The molecule has 0 saturated carbocycles. The number of carbonyl (C=O) groups is 1. The summed E-state index contributed by atoms with van der Waals surface area (Å²) < 4.78 is 10.7. The first-order chi connectivity index (χ1) is 9.15. The van der Waals surface area contributed by atoms with Crippen molar-refractivity contribution in [2.45, 2.75) is 39.7 Å². The Morgan fingerprint density at radius 3 is 2.74 bits per heavy atom. The van der Waals surface area contributed by atoms with Gasteiger partial charge in [-0.25, -0.2) is 0 Å². The van der Waals surface area contributed by atoms with Gasteiger partial charge < -0.3 is 14.4 Å². The maximum absolute atomic E-state index is 11.8. The third-order valence-corrected chi connectivity index (χ3v) is 3.46. The van der Waals surface area contributed by atoms with Crippen LogP contribution in [0.4, 0.5) is 0 Å². The van der Waals surface area contributed by atoms with Crippen LogP contribution in [-0.2, 0) is 11.2 Å². The van der Waals surface area contributed by atoms with Gasteiger partial charge in [-0.05, 0) is 38.0 Å². The summed E-state index contributed by atoms with van der Waals surface area (Å²) in [4.78, 5) is 13.8. The molecule has 4 heteroatoms. The summed E-state index contributed by atoms with van der Waals surface area (Å²) in [6.07, 6.45) is 1.38. The van der Waals surface area contributed by atoms with E-state index in [1.165, 1.54) is 5.56 Å². The van der Waals surface area contributed by atoms with Crippen LogP contribution in [0.5, 0.6) is 11.5 Å². The van der Waals surface area contributed by atoms with Gasteiger partial charge in [0.05, 0.1) is 0 Å². The maximum Gasteiger partial charge on any atom is 0.231 e. The number of amides is 1. The number of carbonyl (C=O) groups excluding carboxylic acids is 1. The number of rotatable bonds is 5. The molecule has 0 saturated heterocycles. The molecule has 0 fully saturated rings. The number of nitrogens with zero attached hydrogens (tertiary/aromatic N) is 1. The van der Waals surface area contributed by atoms with Crippen LogP contribution in [-0.4, -0.2) is 30.2 Å². The van der Waals surface area contributed by atoms with E-state index in [0.717, 1.165) is 24.5 Å². The van der Waals surface area contributed by atoms with E-state index >= 15 is 0 Å². The van der Waals surface area contributed by atoms with E-state index in [0.29, 0.717) is 13.2 Å². The van der Waals surface area contributed by atoms with Gasteiger partial charge in [0.1, 0.15) is 0 Å². The fourth-order valence-electron chi connectivity index (χ4n) is 2.46. The zero-order valence-corrected chi connectivity index (χ0v) is 11.8. The van der Waals surface area contributed by atoms with E-state index in [1.807, 2.05) is 36.9 Å². The fraction of sp³-hybridized carbons (Fsp3) is 0.533. The van der Waals surface area contributed by atoms with Gasteiger partial charge >= 0.3 is 0 Å². The van der Waals surface area contributed by atoms with Crippen molar-refractivity contribution in [1.82, 2.24) is 4.90 Å². The minimum atomic E-state index is 0.192. The lowest BCUT2D eigenvalue weighted by atomic mass is 10.0. The maximum atomic E-state index is 11.8. The van der Waals surface area contributed by atoms with Gasteiger partial charge in [-0.3, -0.25) is 4.79 Å². The Morgan fingerprint density at radius 2 is 2.05 bits per heavy atom. The number of benzene rings is 1. The molecule has 1 atom stereocenters. The number of hydrogen-bond donors (Lipinski definition) is 0. The monoisotopic (exact) mass is 263 g/mol. The quantitative estimate of drug-likeness (QED) is 0.819. The van der Waals surface area contributed by atoms with Gasteiger partial charge in [-0.1, -0.05) is 13.0 Å². The first-order valence-electron chi connectivity index (χ1n) is 6.83. The first kappa shape index (κ1) is 13.7. The summed E-state index contributed by atoms with van der Waals surface area (Å²) in [5.74, 6) is 1.80. The molecule has 0 aromatic heterocycles. The van der Waals surface area contributed by atoms with E-state index in [1.54, 1.807) is 0 Å². The van der Waals surface area contributed by atoms with Crippen molar-refractivity contribution in [3.63, 3.8) is 0 Å². The highest BCUT2D eigenvalue weighted by molar-refractivity contribution is 5.76. The zero-order chi connectivity index (χ0) is 13.8. The van der Waals surface area contributed by atoms with Crippen molar-refractivity contribution in [3.05, 3.63) is 23.8 Å². The third kappa shape index (κ3) is 3.00. The average molecular weight is 263 g/mol. The average Bonchev–Trinajstić information content (AvgIpc) is 2.86. The second kappa shape index (κ2) is 5.95. The molecule has 19 heavy (non-hydrogen) atoms. The Bertz CT molecular complexity index is 459. The molecule has 1 heterocycles. The topological polar surface area (TPSA) is 38.8 Å². The molecule has 1 aromatic carbocycles. The lowest BCUT2D eigenvalue weighted by Crippen LogP contribution is -2.39. The second-order valence-electron chi connectivity index (χ2n) is 4.77. The standard InChI is InChI=1S/C15H21NO3/c1-4-15(17)16(5-2)11(3)8-12-6-7-13-14(9-12)19-10-18-13/h6-7,9,11H,4-5,8,10H2,1-3H3. The third-order valence-electron chi connectivity index (χ3n) is 3.46. The highest BCUT2D eigenvalue weighted by Crippen LogP contribution is 2.32. The largest absolute Gasteiger partial charge is 0.454 e. The van der Waals surface area contributed by atoms with E-state index in [9.17, 15) is 4.79 Å². The molecule has 1 unspecified atom stereocenters. The van der Waals surface area contributed by atoms with Gasteiger partial charge in [-0.2, -0.15) is 0 Å². The van der Waals surface area contributed by atoms with Crippen molar-refractivity contribution in [2.75, 3.05) is 13.3 Å². The predicted octanol–water partition coefficient (Wildman–Crippen LogP) is 2.60. The first-order valence-corrected chi connectivity index (χ1v) is 6.83. The number of ether oxygens (including phenoxy) is 2. The molecule has 2 rings (SSSR count). The molecule has 0 N–H and O–H groups in total. The van der Waals surface area contributed by atoms with Crippen LogP contribution < -0.4 is 9.47 Å². The Labute approximate surface area is 114 Å². The molecule has 0 aliphatic carbocycles. The van der Waals surface area contributed by atoms with Crippen LogP contribution >= 0.6 is 0 Å². The van der Waals surface area contributed by atoms with Gasteiger partial charge in [0, 0.05) is 19.0 Å². The Balaban J connectivity index is 2.05. The summed E-state index contributed by atoms with van der Waals surface area (Å²) in [6, 6.07) is 6.16. The lowest BCUT2D eigenvalue weighted by Gasteiger charge is -2.28. The van der Waals surface area contributed by atoms with E-state index in [-0.39, 0.29) is 11.9 Å². The molecule has 0 bridgehead atoms. The predicted molar refractivity (Wildman–Crippen MR) is 73.4 cm³/mol. The minimum absolute atomic E-state index is 0.192. The molecule has 0 radical (unpaired) electrons. The molecule has 1 aliphatic heterocycles. The van der Waals surface area contributed by atoms with E-state index in [4.69, 9.17) is 9.47 Å². The van der Waals surface area contributed by atoms with Crippen LogP contribution in [0.1, 0.15) is 32.8 Å². The smallest absolute Gasteiger partial charge is 0.231 e. The van der Waals surface area contributed by atoms with Gasteiger partial charge in [0.15, 0.2) is 11.5 Å². The molecule has 4 nitrogen and oxygen atoms in total. The van der Waals surface area contributed by atoms with Crippen molar-refractivity contribution in [3.8, 4) is 11.5 Å². The fourth-order valence-corrected chi connectivity index (χ4v) is 2.46. The highest BCUT2D eigenvalue weighted by Gasteiger charge is 2.19. The van der Waals surface area contributed by atoms with Crippen LogP contribution in [0.3, 0.4) is 0 Å². The summed E-state index contributed by atoms with van der Waals surface area (Å²) in [5, 5.41) is 0. The molecule has 104 valence electrons. The van der Waals surface area contributed by atoms with Crippen molar-refractivity contribution in [1.29, 1.82) is 0 Å². The zero-order valence-electron chi connectivity index (χ0n) is 11.8. The molecular formula is C15H21NO3. The van der Waals surface area contributed by atoms with Crippen molar-refractivity contribution >= 4 is 5.91 Å². The minimum Gasteiger partial charge on any atom is -0.454 e. The van der Waals surface area contributed by atoms with Crippen LogP contribution in [0, 0.1) is 0 Å². The van der Waals surface area contributed by atoms with Crippen LogP contribution in [0.25, 0.3) is 0 Å². The molecule has 1 aliphatic rings. The summed E-state index contributed by atoms with van der Waals surface area (Å²) in [5.41, 5.74) is 1.17. The van der Waals surface area contributed by atoms with Gasteiger partial charge in [-0.15, -0.1) is 0 Å². The van der Waals surface area contributed by atoms with Crippen LogP contribution in [0.15, 0.2) is 18.2 Å². The SMILES string of the molecule is CCC(=O)N(CC)C(C)Cc1ccc2c(c1)OCO2. The Kier molecular flexibility index (Phi) is 4.30. The van der Waals surface area contributed by atoms with E-state index in [2.05, 4.69) is 6.92 Å². The van der Waals surface area contributed by atoms with Crippen LogP contribution in [0.2, 0.25) is 0 Å². The normalized spacial score (nSPS) is 14.3. The second-order valence-corrected chi connectivity index (χ2v) is 4.77. The highest BCUT2D eigenvalue weighted by atomic mass is 16.7.